The molecule has 2 aromatic carbocycles. The number of fused-ring (bicyclic) bond motifs is 1. The number of aromatic nitrogens is 4. The van der Waals surface area contributed by atoms with Gasteiger partial charge in [0.2, 0.25) is 5.95 Å². The van der Waals surface area contributed by atoms with Crippen LogP contribution >= 0.6 is 15.9 Å². The molecule has 0 radical (unpaired) electrons. The van der Waals surface area contributed by atoms with Crippen molar-refractivity contribution < 1.29 is 4.79 Å². The number of hydrogen-bond donors (Lipinski definition) is 1. The molecular formula is C25H25BrN6O2. The van der Waals surface area contributed by atoms with Crippen molar-refractivity contribution in [1.29, 1.82) is 0 Å². The molecule has 0 amide bonds. The summed E-state index contributed by atoms with van der Waals surface area (Å²) in [6.45, 7) is 1.83. The highest BCUT2D eigenvalue weighted by molar-refractivity contribution is 9.10. The molecule has 1 aliphatic heterocycles. The average Bonchev–Trinajstić information content (AvgIpc) is 3.22. The number of ketones is 1. The number of piperidine rings is 1. The summed E-state index contributed by atoms with van der Waals surface area (Å²) in [5.74, 6) is 0.528. The van der Waals surface area contributed by atoms with E-state index in [4.69, 9.17) is 10.7 Å². The van der Waals surface area contributed by atoms with Gasteiger partial charge in [0.1, 0.15) is 6.33 Å². The van der Waals surface area contributed by atoms with Gasteiger partial charge >= 0.3 is 0 Å². The summed E-state index contributed by atoms with van der Waals surface area (Å²) in [6, 6.07) is 16.9. The molecule has 34 heavy (non-hydrogen) atoms. The van der Waals surface area contributed by atoms with Gasteiger partial charge in [0.25, 0.3) is 5.56 Å². The van der Waals surface area contributed by atoms with E-state index in [2.05, 4.69) is 25.8 Å². The molecule has 1 aliphatic rings. The van der Waals surface area contributed by atoms with Gasteiger partial charge < -0.3 is 10.6 Å². The molecule has 0 spiro atoms. The molecule has 9 heteroatoms. The molecule has 0 aliphatic carbocycles. The van der Waals surface area contributed by atoms with Crippen molar-refractivity contribution in [1.82, 2.24) is 19.1 Å². The highest BCUT2D eigenvalue weighted by Crippen LogP contribution is 2.26. The normalized spacial score (nSPS) is 16.2. The van der Waals surface area contributed by atoms with Crippen molar-refractivity contribution >= 4 is 38.8 Å². The van der Waals surface area contributed by atoms with Crippen molar-refractivity contribution in [3.8, 4) is 0 Å². The number of nitrogens with two attached hydrogens (primary N) is 1. The Morgan fingerprint density at radius 2 is 1.88 bits per heavy atom. The summed E-state index contributed by atoms with van der Waals surface area (Å²) in [7, 11) is 0. The summed E-state index contributed by atoms with van der Waals surface area (Å²) in [5, 5.41) is 0. The maximum Gasteiger partial charge on any atom is 0.280 e. The van der Waals surface area contributed by atoms with E-state index in [-0.39, 0.29) is 23.9 Å². The Bertz CT molecular complexity index is 1400. The van der Waals surface area contributed by atoms with Gasteiger partial charge in [-0.2, -0.15) is 4.98 Å². The molecule has 2 N–H and O–H groups in total. The molecule has 174 valence electrons. The predicted molar refractivity (Wildman–Crippen MR) is 135 cm³/mol. The first-order chi connectivity index (χ1) is 16.5. The number of carbonyl (C=O) groups excluding carboxylic acids is 1. The van der Waals surface area contributed by atoms with E-state index < -0.39 is 0 Å². The smallest absolute Gasteiger partial charge is 0.280 e. The van der Waals surface area contributed by atoms with Gasteiger partial charge in [-0.05, 0) is 24.5 Å². The number of benzene rings is 2. The number of Topliss-reactive ketones (excluding diaryl/α,β-unsaturated/α-hetero) is 1. The number of imidazole rings is 1. The van der Waals surface area contributed by atoms with Crippen molar-refractivity contribution in [3.63, 3.8) is 0 Å². The second kappa shape index (κ2) is 9.52. The Morgan fingerprint density at radius 3 is 2.65 bits per heavy atom. The van der Waals surface area contributed by atoms with E-state index in [0.717, 1.165) is 29.4 Å². The zero-order valence-electron chi connectivity index (χ0n) is 18.6. The Kier molecular flexibility index (Phi) is 6.30. The van der Waals surface area contributed by atoms with E-state index in [1.165, 1.54) is 10.9 Å². The lowest BCUT2D eigenvalue weighted by Crippen LogP contribution is -2.44. The van der Waals surface area contributed by atoms with Gasteiger partial charge in [-0.3, -0.25) is 18.7 Å². The average molecular weight is 521 g/mol. The minimum atomic E-state index is -0.290. The van der Waals surface area contributed by atoms with Gasteiger partial charge in [0.15, 0.2) is 16.9 Å². The van der Waals surface area contributed by atoms with Crippen LogP contribution in [-0.2, 0) is 13.1 Å². The molecule has 5 rings (SSSR count). The summed E-state index contributed by atoms with van der Waals surface area (Å²) in [4.78, 5) is 37.7. The van der Waals surface area contributed by atoms with E-state index in [1.807, 2.05) is 34.9 Å². The van der Waals surface area contributed by atoms with Crippen LogP contribution in [0.1, 0.15) is 28.8 Å². The van der Waals surface area contributed by atoms with Crippen LogP contribution in [0.2, 0.25) is 0 Å². The zero-order chi connectivity index (χ0) is 23.7. The molecule has 0 unspecified atom stereocenters. The summed E-state index contributed by atoms with van der Waals surface area (Å²) in [5.41, 5.74) is 8.27. The van der Waals surface area contributed by atoms with Gasteiger partial charge in [-0.15, -0.1) is 0 Å². The largest absolute Gasteiger partial charge is 0.341 e. The Hall–Kier alpha value is -3.30. The predicted octanol–water partition coefficient (Wildman–Crippen LogP) is 3.21. The third kappa shape index (κ3) is 4.41. The summed E-state index contributed by atoms with van der Waals surface area (Å²) in [6.07, 6.45) is 3.34. The third-order valence-corrected chi connectivity index (χ3v) is 6.92. The van der Waals surface area contributed by atoms with E-state index in [1.54, 1.807) is 24.3 Å². The second-order valence-electron chi connectivity index (χ2n) is 8.58. The Morgan fingerprint density at radius 1 is 1.12 bits per heavy atom. The van der Waals surface area contributed by atoms with Crippen LogP contribution in [0.5, 0.6) is 0 Å². The third-order valence-electron chi connectivity index (χ3n) is 6.15. The SMILES string of the molecule is N[C@@H]1CCCN(c2nc3ncn(CC(=O)c4ccccc4)c(=O)c3n2Cc2ccccc2Br)C1. The van der Waals surface area contributed by atoms with E-state index in [9.17, 15) is 9.59 Å². The summed E-state index contributed by atoms with van der Waals surface area (Å²) >= 11 is 3.62. The van der Waals surface area contributed by atoms with Crippen LogP contribution in [0.25, 0.3) is 11.2 Å². The van der Waals surface area contributed by atoms with E-state index >= 15 is 0 Å². The lowest BCUT2D eigenvalue weighted by molar-refractivity contribution is 0.0970. The molecule has 2 aromatic heterocycles. The fraction of sp³-hybridized carbons (Fsp3) is 0.280. The van der Waals surface area contributed by atoms with Crippen LogP contribution < -0.4 is 16.2 Å². The molecule has 3 heterocycles. The van der Waals surface area contributed by atoms with Gasteiger partial charge in [0.05, 0.1) is 13.1 Å². The van der Waals surface area contributed by atoms with Crippen LogP contribution in [0, 0.1) is 0 Å². The fourth-order valence-corrected chi connectivity index (χ4v) is 4.82. The number of carbonyl (C=O) groups is 1. The maximum atomic E-state index is 13.6. The highest BCUT2D eigenvalue weighted by Gasteiger charge is 2.25. The molecule has 8 nitrogen and oxygen atoms in total. The quantitative estimate of drug-likeness (QED) is 0.392. The maximum absolute atomic E-state index is 13.6. The molecule has 1 atom stereocenters. The Labute approximate surface area is 205 Å². The first kappa shape index (κ1) is 22.5. The van der Waals surface area contributed by atoms with Crippen LogP contribution in [0.15, 0.2) is 70.2 Å². The van der Waals surface area contributed by atoms with Crippen molar-refractivity contribution in [3.05, 3.63) is 86.9 Å². The van der Waals surface area contributed by atoms with Crippen LogP contribution in [0.4, 0.5) is 5.95 Å². The zero-order valence-corrected chi connectivity index (χ0v) is 20.2. The van der Waals surface area contributed by atoms with Gasteiger partial charge in [-0.1, -0.05) is 64.5 Å². The fourth-order valence-electron chi connectivity index (χ4n) is 4.41. The first-order valence-electron chi connectivity index (χ1n) is 11.3. The molecule has 1 fully saturated rings. The second-order valence-corrected chi connectivity index (χ2v) is 9.43. The van der Waals surface area contributed by atoms with Crippen molar-refractivity contribution in [2.45, 2.75) is 32.0 Å². The lowest BCUT2D eigenvalue weighted by atomic mass is 10.1. The van der Waals surface area contributed by atoms with Crippen LogP contribution in [-0.4, -0.2) is 44.0 Å². The van der Waals surface area contributed by atoms with Crippen molar-refractivity contribution in [2.24, 2.45) is 5.73 Å². The molecule has 0 saturated carbocycles. The number of anilines is 1. The van der Waals surface area contributed by atoms with Crippen LogP contribution in [0.3, 0.4) is 0 Å². The van der Waals surface area contributed by atoms with Crippen molar-refractivity contribution in [2.75, 3.05) is 18.0 Å². The Balaban J connectivity index is 1.61. The highest BCUT2D eigenvalue weighted by atomic mass is 79.9. The molecule has 1 saturated heterocycles. The van der Waals surface area contributed by atoms with E-state index in [0.29, 0.717) is 35.8 Å². The minimum absolute atomic E-state index is 0.0542. The number of halogens is 1. The number of rotatable bonds is 6. The van der Waals surface area contributed by atoms with Gasteiger partial charge in [0, 0.05) is 29.2 Å². The number of nitrogens with zero attached hydrogens (tertiary/aromatic N) is 5. The molecular weight excluding hydrogens is 496 g/mol. The minimum Gasteiger partial charge on any atom is -0.341 e. The lowest BCUT2D eigenvalue weighted by Gasteiger charge is -2.32. The molecule has 4 aromatic rings. The monoisotopic (exact) mass is 520 g/mol. The number of hydrogen-bond acceptors (Lipinski definition) is 6. The molecule has 0 bridgehead atoms. The topological polar surface area (TPSA) is 99.0 Å². The first-order valence-corrected chi connectivity index (χ1v) is 12.1. The standard InChI is InChI=1S/C25H25BrN6O2/c26-20-11-5-4-9-18(20)13-32-22-23(29-25(32)30-12-6-10-19(27)14-30)28-16-31(24(22)34)15-21(33)17-7-2-1-3-8-17/h1-5,7-9,11,16,19H,6,10,12-15,27H2/t19-/m1/s1. The van der Waals surface area contributed by atoms with Gasteiger partial charge in [-0.25, -0.2) is 4.98 Å². The summed E-state index contributed by atoms with van der Waals surface area (Å²) < 4.78 is 4.22.